The molecule has 0 fully saturated rings. The summed E-state index contributed by atoms with van der Waals surface area (Å²) in [5.41, 5.74) is 1.73. The number of rotatable bonds is 5. The Morgan fingerprint density at radius 1 is 0.889 bits per heavy atom. The molecule has 0 spiro atoms. The van der Waals surface area contributed by atoms with E-state index in [0.717, 1.165) is 10.9 Å². The van der Waals surface area contributed by atoms with E-state index in [4.69, 9.17) is 11.6 Å². The third-order valence-corrected chi connectivity index (χ3v) is 3.99. The summed E-state index contributed by atoms with van der Waals surface area (Å²) in [7, 11) is 0. The van der Waals surface area contributed by atoms with Crippen molar-refractivity contribution in [1.29, 1.82) is 0 Å². The number of nitrogens with one attached hydrogen (secondary N) is 4. The molecule has 0 radical (unpaired) electrons. The number of hydrogen-bond acceptors (Lipinski definition) is 3. The zero-order valence-corrected chi connectivity index (χ0v) is 15.0. The molecular weight excluding hydrogens is 368 g/mol. The molecule has 0 unspecified atom stereocenters. The summed E-state index contributed by atoms with van der Waals surface area (Å²) < 4.78 is 0. The van der Waals surface area contributed by atoms with Crippen molar-refractivity contribution in [2.75, 3.05) is 18.4 Å². The maximum atomic E-state index is 12.1. The van der Waals surface area contributed by atoms with E-state index in [2.05, 4.69) is 20.9 Å². The van der Waals surface area contributed by atoms with Crippen LogP contribution in [-0.4, -0.2) is 35.8 Å². The fourth-order valence-electron chi connectivity index (χ4n) is 2.48. The second kappa shape index (κ2) is 8.37. The Labute approximate surface area is 160 Å². The number of hydrogen-bond donors (Lipinski definition) is 4. The molecule has 27 heavy (non-hydrogen) atoms. The minimum absolute atomic E-state index is 0.119. The molecule has 3 amide bonds. The Kier molecular flexibility index (Phi) is 5.73. The number of para-hydroxylation sites is 1. The summed E-state index contributed by atoms with van der Waals surface area (Å²) in [5, 5.41) is 8.95. The van der Waals surface area contributed by atoms with E-state index in [-0.39, 0.29) is 19.0 Å². The lowest BCUT2D eigenvalue weighted by molar-refractivity contribution is -0.136. The number of aromatic amines is 1. The molecule has 0 aliphatic heterocycles. The fraction of sp³-hybridized carbons (Fsp3) is 0.105. The number of carbonyl (C=O) groups is 3. The standard InChI is InChI=1S/C19H17ClN4O3/c20-13-5-3-6-14(11-13)23-19(27)18(26)22-9-8-21-17(25)16-10-12-4-1-2-7-15(12)24-16/h1-7,10-11,24H,8-9H2,(H,21,25)(H,22,26)(H,23,27). The van der Waals surface area contributed by atoms with Gasteiger partial charge in [0.1, 0.15) is 5.69 Å². The van der Waals surface area contributed by atoms with E-state index in [0.29, 0.717) is 16.4 Å². The third kappa shape index (κ3) is 4.86. The van der Waals surface area contributed by atoms with E-state index in [1.165, 1.54) is 6.07 Å². The van der Waals surface area contributed by atoms with Crippen LogP contribution in [0.4, 0.5) is 5.69 Å². The van der Waals surface area contributed by atoms with E-state index < -0.39 is 11.8 Å². The second-order valence-electron chi connectivity index (χ2n) is 5.75. The largest absolute Gasteiger partial charge is 0.351 e. The van der Waals surface area contributed by atoms with Crippen molar-refractivity contribution in [3.8, 4) is 0 Å². The molecule has 0 aliphatic rings. The Morgan fingerprint density at radius 3 is 2.44 bits per heavy atom. The number of halogens is 1. The summed E-state index contributed by atoms with van der Waals surface area (Å²) in [6, 6.07) is 15.8. The molecule has 7 nitrogen and oxygen atoms in total. The predicted molar refractivity (Wildman–Crippen MR) is 104 cm³/mol. The molecule has 3 rings (SSSR count). The quantitative estimate of drug-likeness (QED) is 0.401. The van der Waals surface area contributed by atoms with Crippen LogP contribution in [0.25, 0.3) is 10.9 Å². The first kappa shape index (κ1) is 18.5. The number of aromatic nitrogens is 1. The molecule has 0 saturated carbocycles. The molecule has 0 saturated heterocycles. The van der Waals surface area contributed by atoms with Gasteiger partial charge in [-0.05, 0) is 30.3 Å². The first-order valence-corrected chi connectivity index (χ1v) is 8.61. The minimum Gasteiger partial charge on any atom is -0.351 e. The first-order chi connectivity index (χ1) is 13.0. The van der Waals surface area contributed by atoms with Gasteiger partial charge in [0.05, 0.1) is 0 Å². The van der Waals surface area contributed by atoms with Gasteiger partial charge < -0.3 is 20.9 Å². The summed E-state index contributed by atoms with van der Waals surface area (Å²) in [5.74, 6) is -1.89. The molecule has 138 valence electrons. The van der Waals surface area contributed by atoms with Crippen LogP contribution in [0.5, 0.6) is 0 Å². The van der Waals surface area contributed by atoms with Gasteiger partial charge in [0.2, 0.25) is 0 Å². The number of benzene rings is 2. The number of H-pyrrole nitrogens is 1. The lowest BCUT2D eigenvalue weighted by Gasteiger charge is -2.07. The maximum absolute atomic E-state index is 12.1. The van der Waals surface area contributed by atoms with Crippen molar-refractivity contribution in [2.24, 2.45) is 0 Å². The van der Waals surface area contributed by atoms with Crippen LogP contribution < -0.4 is 16.0 Å². The molecule has 2 aromatic carbocycles. The highest BCUT2D eigenvalue weighted by Gasteiger charge is 2.14. The molecule has 0 bridgehead atoms. The van der Waals surface area contributed by atoms with Gasteiger partial charge in [-0.3, -0.25) is 14.4 Å². The average molecular weight is 385 g/mol. The number of amides is 3. The van der Waals surface area contributed by atoms with E-state index in [9.17, 15) is 14.4 Å². The predicted octanol–water partition coefficient (Wildman–Crippen LogP) is 2.31. The van der Waals surface area contributed by atoms with Crippen molar-refractivity contribution in [3.05, 3.63) is 65.3 Å². The number of fused-ring (bicyclic) bond motifs is 1. The fourth-order valence-corrected chi connectivity index (χ4v) is 2.67. The summed E-state index contributed by atoms with van der Waals surface area (Å²) in [4.78, 5) is 38.7. The molecule has 0 aliphatic carbocycles. The summed E-state index contributed by atoms with van der Waals surface area (Å²) in [6.45, 7) is 0.304. The van der Waals surface area contributed by atoms with E-state index >= 15 is 0 Å². The van der Waals surface area contributed by atoms with Gasteiger partial charge >= 0.3 is 11.8 Å². The third-order valence-electron chi connectivity index (χ3n) is 3.76. The highest BCUT2D eigenvalue weighted by Crippen LogP contribution is 2.15. The highest BCUT2D eigenvalue weighted by molar-refractivity contribution is 6.39. The highest BCUT2D eigenvalue weighted by atomic mass is 35.5. The molecule has 0 atom stereocenters. The first-order valence-electron chi connectivity index (χ1n) is 8.23. The maximum Gasteiger partial charge on any atom is 0.313 e. The minimum atomic E-state index is -0.806. The van der Waals surface area contributed by atoms with Crippen LogP contribution in [0, 0.1) is 0 Å². The van der Waals surface area contributed by atoms with Crippen molar-refractivity contribution >= 4 is 45.9 Å². The zero-order valence-electron chi connectivity index (χ0n) is 14.2. The van der Waals surface area contributed by atoms with Gasteiger partial charge in [0.25, 0.3) is 5.91 Å². The van der Waals surface area contributed by atoms with Crippen molar-refractivity contribution in [2.45, 2.75) is 0 Å². The lowest BCUT2D eigenvalue weighted by atomic mass is 10.2. The average Bonchev–Trinajstić information content (AvgIpc) is 3.09. The molecular formula is C19H17ClN4O3. The van der Waals surface area contributed by atoms with Gasteiger partial charge in [0.15, 0.2) is 0 Å². The summed E-state index contributed by atoms with van der Waals surface area (Å²) >= 11 is 5.82. The van der Waals surface area contributed by atoms with Gasteiger partial charge in [-0.1, -0.05) is 35.9 Å². The van der Waals surface area contributed by atoms with Crippen molar-refractivity contribution in [3.63, 3.8) is 0 Å². The lowest BCUT2D eigenvalue weighted by Crippen LogP contribution is -2.40. The monoisotopic (exact) mass is 384 g/mol. The smallest absolute Gasteiger partial charge is 0.313 e. The van der Waals surface area contributed by atoms with Crippen LogP contribution in [0.1, 0.15) is 10.5 Å². The van der Waals surface area contributed by atoms with Crippen LogP contribution in [-0.2, 0) is 9.59 Å². The van der Waals surface area contributed by atoms with Gasteiger partial charge in [-0.2, -0.15) is 0 Å². The van der Waals surface area contributed by atoms with Crippen molar-refractivity contribution in [1.82, 2.24) is 15.6 Å². The number of anilines is 1. The molecule has 4 N–H and O–H groups in total. The van der Waals surface area contributed by atoms with Crippen molar-refractivity contribution < 1.29 is 14.4 Å². The van der Waals surface area contributed by atoms with Crippen LogP contribution in [0.15, 0.2) is 54.6 Å². The Balaban J connectivity index is 1.43. The van der Waals surface area contributed by atoms with Gasteiger partial charge in [0, 0.05) is 34.7 Å². The number of carbonyl (C=O) groups excluding carboxylic acids is 3. The molecule has 1 heterocycles. The second-order valence-corrected chi connectivity index (χ2v) is 6.18. The van der Waals surface area contributed by atoms with Crippen LogP contribution in [0.3, 0.4) is 0 Å². The Hall–Kier alpha value is -3.32. The topological polar surface area (TPSA) is 103 Å². The van der Waals surface area contributed by atoms with E-state index in [1.807, 2.05) is 24.3 Å². The SMILES string of the molecule is O=C(NCCNC(=O)c1cc2ccccc2[nH]1)C(=O)Nc1cccc(Cl)c1. The molecule has 1 aromatic heterocycles. The Morgan fingerprint density at radius 2 is 1.67 bits per heavy atom. The van der Waals surface area contributed by atoms with Crippen LogP contribution >= 0.6 is 11.6 Å². The normalized spacial score (nSPS) is 10.4. The molecule has 8 heteroatoms. The van der Waals surface area contributed by atoms with E-state index in [1.54, 1.807) is 24.3 Å². The molecule has 3 aromatic rings. The zero-order chi connectivity index (χ0) is 19.2. The van der Waals surface area contributed by atoms with Crippen LogP contribution in [0.2, 0.25) is 5.02 Å². The Bertz CT molecular complexity index is 966. The summed E-state index contributed by atoms with van der Waals surface area (Å²) in [6.07, 6.45) is 0. The van der Waals surface area contributed by atoms with Gasteiger partial charge in [-0.25, -0.2) is 0 Å². The van der Waals surface area contributed by atoms with Gasteiger partial charge in [-0.15, -0.1) is 0 Å².